The number of rotatable bonds is 4. The van der Waals surface area contributed by atoms with E-state index in [0.29, 0.717) is 0 Å². The number of carbonyl (C=O) groups excluding carboxylic acids is 1. The fourth-order valence-corrected chi connectivity index (χ4v) is 2.24. The van der Waals surface area contributed by atoms with E-state index in [1.165, 1.54) is 13.2 Å². The molecule has 0 radical (unpaired) electrons. The average molecular weight is 259 g/mol. The molecule has 0 unspecified atom stereocenters. The number of ether oxygens (including phenoxy) is 1. The van der Waals surface area contributed by atoms with Gasteiger partial charge in [0.05, 0.1) is 13.7 Å². The molecule has 0 saturated heterocycles. The van der Waals surface area contributed by atoms with Crippen LogP contribution in [-0.4, -0.2) is 27.9 Å². The Balaban J connectivity index is 3.51. The van der Waals surface area contributed by atoms with Crippen LogP contribution in [0.2, 0.25) is 0 Å². The molecule has 0 aliphatic rings. The van der Waals surface area contributed by atoms with Gasteiger partial charge >= 0.3 is 0 Å². The Morgan fingerprint density at radius 2 is 2.12 bits per heavy atom. The van der Waals surface area contributed by atoms with E-state index in [1.54, 1.807) is 0 Å². The summed E-state index contributed by atoms with van der Waals surface area (Å²) in [6.07, 6.45) is 2.23. The smallest absolute Gasteiger partial charge is 0.235 e. The van der Waals surface area contributed by atoms with Crippen LogP contribution in [0.15, 0.2) is 22.0 Å². The van der Waals surface area contributed by atoms with Crippen LogP contribution in [0.25, 0.3) is 0 Å². The fourth-order valence-electron chi connectivity index (χ4n) is 1.36. The second kappa shape index (κ2) is 5.07. The van der Waals surface area contributed by atoms with E-state index in [1.807, 2.05) is 0 Å². The molecule has 92 valence electrons. The zero-order valence-electron chi connectivity index (χ0n) is 9.23. The van der Waals surface area contributed by atoms with Crippen molar-refractivity contribution in [3.8, 4) is 5.75 Å². The Kier molecular flexibility index (Phi) is 3.98. The number of aliphatic imine (C=N–C) groups is 1. The number of nitrogens with zero attached hydrogens (tertiary/aromatic N) is 1. The molecule has 0 bridgehead atoms. The van der Waals surface area contributed by atoms with E-state index in [2.05, 4.69) is 4.99 Å². The van der Waals surface area contributed by atoms with Crippen molar-refractivity contribution in [2.75, 3.05) is 13.4 Å². The molecule has 1 rings (SSSR count). The molecule has 0 N–H and O–H groups in total. The van der Waals surface area contributed by atoms with Crippen molar-refractivity contribution in [2.45, 2.75) is 11.4 Å². The molecule has 0 fully saturated rings. The highest BCUT2D eigenvalue weighted by molar-refractivity contribution is 7.90. The van der Waals surface area contributed by atoms with E-state index in [4.69, 9.17) is 4.74 Å². The van der Waals surface area contributed by atoms with Gasteiger partial charge in [0.2, 0.25) is 6.08 Å². The molecule has 0 aliphatic carbocycles. The van der Waals surface area contributed by atoms with Gasteiger partial charge in [-0.2, -0.15) is 0 Å². The summed E-state index contributed by atoms with van der Waals surface area (Å²) in [5, 5.41) is 0. The molecule has 1 aromatic carbocycles. The summed E-state index contributed by atoms with van der Waals surface area (Å²) in [4.78, 5) is 13.0. The third-order valence-electron chi connectivity index (χ3n) is 2.01. The van der Waals surface area contributed by atoms with Crippen LogP contribution in [0.3, 0.4) is 0 Å². The second-order valence-electron chi connectivity index (χ2n) is 3.28. The van der Waals surface area contributed by atoms with Crippen LogP contribution in [0.1, 0.15) is 5.56 Å². The van der Waals surface area contributed by atoms with Gasteiger partial charge in [0.15, 0.2) is 9.84 Å². The van der Waals surface area contributed by atoms with Crippen molar-refractivity contribution in [1.29, 1.82) is 0 Å². The molecule has 0 heterocycles. The van der Waals surface area contributed by atoms with Crippen molar-refractivity contribution in [3.63, 3.8) is 0 Å². The highest BCUT2D eigenvalue weighted by atomic mass is 32.2. The van der Waals surface area contributed by atoms with Crippen LogP contribution in [-0.2, 0) is 21.2 Å². The lowest BCUT2D eigenvalue weighted by molar-refractivity contribution is 0.395. The summed E-state index contributed by atoms with van der Waals surface area (Å²) in [6.45, 7) is -0.188. The summed E-state index contributed by atoms with van der Waals surface area (Å²) >= 11 is 0. The number of halogens is 1. The number of hydrogen-bond donors (Lipinski definition) is 0. The number of methoxy groups -OCH3 is 1. The quantitative estimate of drug-likeness (QED) is 0.599. The number of sulfone groups is 1. The van der Waals surface area contributed by atoms with Gasteiger partial charge in [-0.25, -0.2) is 22.6 Å². The van der Waals surface area contributed by atoms with E-state index >= 15 is 0 Å². The van der Waals surface area contributed by atoms with Crippen molar-refractivity contribution in [3.05, 3.63) is 23.5 Å². The lowest BCUT2D eigenvalue weighted by Crippen LogP contribution is -2.04. The van der Waals surface area contributed by atoms with Gasteiger partial charge in [-0.05, 0) is 12.1 Å². The predicted molar refractivity (Wildman–Crippen MR) is 57.9 cm³/mol. The van der Waals surface area contributed by atoms with E-state index in [0.717, 1.165) is 18.4 Å². The summed E-state index contributed by atoms with van der Waals surface area (Å²) in [5.74, 6) is -0.741. The molecule has 17 heavy (non-hydrogen) atoms. The Morgan fingerprint density at radius 3 is 2.59 bits per heavy atom. The number of hydrogen-bond acceptors (Lipinski definition) is 5. The molecule has 5 nitrogen and oxygen atoms in total. The summed E-state index contributed by atoms with van der Waals surface area (Å²) in [5.41, 5.74) is 0.177. The van der Waals surface area contributed by atoms with E-state index in [9.17, 15) is 17.6 Å². The van der Waals surface area contributed by atoms with Gasteiger partial charge in [-0.3, -0.25) is 0 Å². The van der Waals surface area contributed by atoms with Crippen LogP contribution in [0.5, 0.6) is 5.75 Å². The maximum atomic E-state index is 13.2. The zero-order chi connectivity index (χ0) is 13.1. The molecular formula is C10H10FNO4S. The third kappa shape index (κ3) is 3.12. The molecular weight excluding hydrogens is 249 g/mol. The van der Waals surface area contributed by atoms with Gasteiger partial charge in [0.1, 0.15) is 16.5 Å². The van der Waals surface area contributed by atoms with Crippen LogP contribution >= 0.6 is 0 Å². The Bertz CT molecular complexity index is 576. The lowest BCUT2D eigenvalue weighted by atomic mass is 10.2. The van der Waals surface area contributed by atoms with Crippen LogP contribution in [0, 0.1) is 5.82 Å². The largest absolute Gasteiger partial charge is 0.495 e. The zero-order valence-corrected chi connectivity index (χ0v) is 10.0. The van der Waals surface area contributed by atoms with Gasteiger partial charge in [0.25, 0.3) is 0 Å². The maximum absolute atomic E-state index is 13.2. The first-order valence-electron chi connectivity index (χ1n) is 4.50. The fraction of sp³-hybridized carbons (Fsp3) is 0.300. The molecule has 0 amide bonds. The Morgan fingerprint density at radius 1 is 1.47 bits per heavy atom. The molecule has 0 spiro atoms. The first-order chi connectivity index (χ1) is 7.90. The molecule has 0 atom stereocenters. The van der Waals surface area contributed by atoms with Crippen molar-refractivity contribution in [2.24, 2.45) is 4.99 Å². The molecule has 0 aliphatic heterocycles. The summed E-state index contributed by atoms with van der Waals surface area (Å²) in [7, 11) is -2.36. The summed E-state index contributed by atoms with van der Waals surface area (Å²) < 4.78 is 41.0. The minimum absolute atomic E-state index is 0.00657. The van der Waals surface area contributed by atoms with E-state index < -0.39 is 15.7 Å². The minimum Gasteiger partial charge on any atom is -0.495 e. The topological polar surface area (TPSA) is 72.8 Å². The first kappa shape index (κ1) is 13.3. The SMILES string of the molecule is COc1c(CN=C=O)cc(F)cc1S(C)(=O)=O. The lowest BCUT2D eigenvalue weighted by Gasteiger charge is -2.11. The predicted octanol–water partition coefficient (Wildman–Crippen LogP) is 1.07. The molecule has 0 aromatic heterocycles. The van der Waals surface area contributed by atoms with Crippen LogP contribution in [0.4, 0.5) is 4.39 Å². The highest BCUT2D eigenvalue weighted by Crippen LogP contribution is 2.29. The first-order valence-corrected chi connectivity index (χ1v) is 6.39. The number of isocyanates is 1. The van der Waals surface area contributed by atoms with Gasteiger partial charge in [-0.15, -0.1) is 0 Å². The second-order valence-corrected chi connectivity index (χ2v) is 5.26. The normalized spacial score (nSPS) is 10.8. The van der Waals surface area contributed by atoms with Gasteiger partial charge in [-0.1, -0.05) is 0 Å². The molecule has 0 saturated carbocycles. The summed E-state index contributed by atoms with van der Waals surface area (Å²) in [6, 6.07) is 1.93. The Labute approximate surface area is 97.9 Å². The van der Waals surface area contributed by atoms with Crippen molar-refractivity contribution >= 4 is 15.9 Å². The number of benzene rings is 1. The third-order valence-corrected chi connectivity index (χ3v) is 3.12. The van der Waals surface area contributed by atoms with Crippen molar-refractivity contribution < 1.29 is 22.3 Å². The maximum Gasteiger partial charge on any atom is 0.235 e. The standard InChI is InChI=1S/C10H10FNO4S/c1-16-10-7(5-12-6-13)3-8(11)4-9(10)17(2,14)15/h3-4H,5H2,1-2H3. The van der Waals surface area contributed by atoms with Crippen LogP contribution < -0.4 is 4.74 Å². The Hall–Kier alpha value is -1.72. The molecule has 1 aromatic rings. The van der Waals surface area contributed by atoms with Crippen molar-refractivity contribution in [1.82, 2.24) is 0 Å². The monoisotopic (exact) mass is 259 g/mol. The van der Waals surface area contributed by atoms with Gasteiger partial charge < -0.3 is 4.74 Å². The molecule has 7 heteroatoms. The minimum atomic E-state index is -3.62. The average Bonchev–Trinajstić information content (AvgIpc) is 2.24. The van der Waals surface area contributed by atoms with E-state index in [-0.39, 0.29) is 22.8 Å². The van der Waals surface area contributed by atoms with Gasteiger partial charge in [0, 0.05) is 11.8 Å². The highest BCUT2D eigenvalue weighted by Gasteiger charge is 2.19.